The van der Waals surface area contributed by atoms with Crippen molar-refractivity contribution in [3.05, 3.63) is 59.1 Å². The van der Waals surface area contributed by atoms with E-state index in [-0.39, 0.29) is 29.2 Å². The number of nitrogens with two attached hydrogens (primary N) is 1. The molecule has 4 rings (SSSR count). The zero-order chi connectivity index (χ0) is 24.2. The Hall–Kier alpha value is -3.37. The Morgan fingerprint density at radius 1 is 1.26 bits per heavy atom. The van der Waals surface area contributed by atoms with Crippen LogP contribution < -0.4 is 21.3 Å². The van der Waals surface area contributed by atoms with E-state index < -0.39 is 11.7 Å². The maximum atomic E-state index is 14.5. The molecule has 0 saturated carbocycles. The molecule has 8 nitrogen and oxygen atoms in total. The lowest BCUT2D eigenvalue weighted by molar-refractivity contribution is 0.0942. The van der Waals surface area contributed by atoms with Crippen molar-refractivity contribution in [2.45, 2.75) is 38.8 Å². The molecule has 4 N–H and O–H groups in total. The molecule has 1 aliphatic heterocycles. The fourth-order valence-electron chi connectivity index (χ4n) is 3.85. The molecule has 0 unspecified atom stereocenters. The van der Waals surface area contributed by atoms with Crippen LogP contribution in [0.15, 0.2) is 42.0 Å². The Bertz CT molecular complexity index is 1200. The van der Waals surface area contributed by atoms with Gasteiger partial charge in [-0.2, -0.15) is 0 Å². The van der Waals surface area contributed by atoms with Gasteiger partial charge in [-0.05, 0) is 51.0 Å². The van der Waals surface area contributed by atoms with E-state index in [1.54, 1.807) is 17.8 Å². The van der Waals surface area contributed by atoms with E-state index in [0.29, 0.717) is 22.8 Å². The molecule has 1 aromatic carbocycles. The van der Waals surface area contributed by atoms with Gasteiger partial charge in [0.2, 0.25) is 0 Å². The third kappa shape index (κ3) is 5.40. The van der Waals surface area contributed by atoms with Crippen LogP contribution in [0.25, 0.3) is 10.6 Å². The molecular formula is C24H27FN6O2S. The van der Waals surface area contributed by atoms with E-state index in [4.69, 9.17) is 5.73 Å². The summed E-state index contributed by atoms with van der Waals surface area (Å²) in [5.41, 5.74) is 8.18. The van der Waals surface area contributed by atoms with Gasteiger partial charge in [-0.25, -0.2) is 9.37 Å². The normalized spacial score (nSPS) is 15.9. The monoisotopic (exact) mass is 482 g/mol. The van der Waals surface area contributed by atoms with Crippen LogP contribution >= 0.6 is 11.3 Å². The Labute approximate surface area is 201 Å². The average molecular weight is 483 g/mol. The summed E-state index contributed by atoms with van der Waals surface area (Å²) < 4.78 is 14.5. The first kappa shape index (κ1) is 23.8. The third-order valence-corrected chi connectivity index (χ3v) is 6.34. The third-order valence-electron chi connectivity index (χ3n) is 5.46. The van der Waals surface area contributed by atoms with Gasteiger partial charge >= 0.3 is 0 Å². The highest BCUT2D eigenvalue weighted by molar-refractivity contribution is 7.13. The zero-order valence-electron chi connectivity index (χ0n) is 19.0. The van der Waals surface area contributed by atoms with Gasteiger partial charge in [-0.15, -0.1) is 11.3 Å². The van der Waals surface area contributed by atoms with Crippen molar-refractivity contribution < 1.29 is 14.0 Å². The Kier molecular flexibility index (Phi) is 7.18. The second kappa shape index (κ2) is 10.3. The predicted octanol–water partition coefficient (Wildman–Crippen LogP) is 3.66. The number of halogens is 1. The topological polar surface area (TPSA) is 113 Å². The van der Waals surface area contributed by atoms with E-state index in [0.717, 1.165) is 36.4 Å². The lowest BCUT2D eigenvalue weighted by Crippen LogP contribution is -2.43. The molecule has 1 fully saturated rings. The maximum absolute atomic E-state index is 14.5. The molecule has 1 saturated heterocycles. The first-order valence-electron chi connectivity index (χ1n) is 11.1. The molecule has 2 aromatic heterocycles. The molecule has 3 heterocycles. The largest absolute Gasteiger partial charge is 0.368 e. The first-order chi connectivity index (χ1) is 16.3. The molecule has 0 radical (unpaired) electrons. The van der Waals surface area contributed by atoms with Crippen LogP contribution in [-0.2, 0) is 0 Å². The van der Waals surface area contributed by atoms with Gasteiger partial charge in [0.25, 0.3) is 11.8 Å². The van der Waals surface area contributed by atoms with Crippen molar-refractivity contribution in [2.24, 2.45) is 5.73 Å². The number of anilines is 2. The minimum absolute atomic E-state index is 0.0470. The number of thiazole rings is 1. The summed E-state index contributed by atoms with van der Waals surface area (Å²) in [7, 11) is 0. The van der Waals surface area contributed by atoms with Crippen molar-refractivity contribution in [1.82, 2.24) is 15.3 Å². The van der Waals surface area contributed by atoms with Gasteiger partial charge in [-0.1, -0.05) is 0 Å². The highest BCUT2D eigenvalue weighted by Crippen LogP contribution is 2.30. The molecule has 10 heteroatoms. The van der Waals surface area contributed by atoms with Crippen LogP contribution in [-0.4, -0.2) is 47.0 Å². The summed E-state index contributed by atoms with van der Waals surface area (Å²) >= 11 is 1.14. The molecule has 1 aliphatic rings. The number of pyridine rings is 1. The molecule has 1 atom stereocenters. The minimum atomic E-state index is -0.515. The van der Waals surface area contributed by atoms with Crippen molar-refractivity contribution in [3.8, 4) is 10.6 Å². The SMILES string of the molecule is CC(C)NC(=O)c1ccc(F)c(-c2nc(C(=O)Nc3cnccc3N3CCC[C@H](N)C3)cs2)c1. The molecule has 3 aromatic rings. The smallest absolute Gasteiger partial charge is 0.275 e. The lowest BCUT2D eigenvalue weighted by atomic mass is 10.1. The Balaban J connectivity index is 1.54. The molecule has 34 heavy (non-hydrogen) atoms. The number of nitrogens with one attached hydrogen (secondary N) is 2. The summed E-state index contributed by atoms with van der Waals surface area (Å²) in [4.78, 5) is 35.9. The minimum Gasteiger partial charge on any atom is -0.368 e. The van der Waals surface area contributed by atoms with Crippen LogP contribution in [0.3, 0.4) is 0 Å². The molecule has 0 bridgehead atoms. The fourth-order valence-corrected chi connectivity index (χ4v) is 4.67. The highest BCUT2D eigenvalue weighted by atomic mass is 32.1. The summed E-state index contributed by atoms with van der Waals surface area (Å²) in [6, 6.07) is 6.00. The number of rotatable bonds is 6. The van der Waals surface area contributed by atoms with Crippen LogP contribution in [0.4, 0.5) is 15.8 Å². The van der Waals surface area contributed by atoms with E-state index in [9.17, 15) is 14.0 Å². The second-order valence-corrected chi connectivity index (χ2v) is 9.41. The quantitative estimate of drug-likeness (QED) is 0.494. The van der Waals surface area contributed by atoms with Crippen molar-refractivity contribution in [3.63, 3.8) is 0 Å². The van der Waals surface area contributed by atoms with Crippen LogP contribution in [0, 0.1) is 5.82 Å². The van der Waals surface area contributed by atoms with Gasteiger partial charge < -0.3 is 21.3 Å². The van der Waals surface area contributed by atoms with Crippen molar-refractivity contribution >= 4 is 34.5 Å². The van der Waals surface area contributed by atoms with E-state index in [1.165, 1.54) is 18.2 Å². The standard InChI is InChI=1S/C24H27FN6O2S/c1-14(2)28-22(32)15-5-6-18(25)17(10-15)24-30-20(13-34-24)23(33)29-19-11-27-8-7-21(19)31-9-3-4-16(26)12-31/h5-8,10-11,13-14,16H,3-4,9,12,26H2,1-2H3,(H,28,32)(H,29,33)/t16-/m0/s1. The molecular weight excluding hydrogens is 455 g/mol. The predicted molar refractivity (Wildman–Crippen MR) is 132 cm³/mol. The lowest BCUT2D eigenvalue weighted by Gasteiger charge is -2.33. The van der Waals surface area contributed by atoms with E-state index in [2.05, 4.69) is 25.5 Å². The highest BCUT2D eigenvalue weighted by Gasteiger charge is 2.22. The summed E-state index contributed by atoms with van der Waals surface area (Å²) in [5, 5.41) is 7.54. The molecule has 2 amide bonds. The number of carbonyl (C=O) groups is 2. The number of piperidine rings is 1. The van der Waals surface area contributed by atoms with Crippen molar-refractivity contribution in [2.75, 3.05) is 23.3 Å². The van der Waals surface area contributed by atoms with Gasteiger partial charge in [0.15, 0.2) is 0 Å². The van der Waals surface area contributed by atoms with E-state index in [1.807, 2.05) is 19.9 Å². The first-order valence-corrected chi connectivity index (χ1v) is 12.0. The van der Waals surface area contributed by atoms with Crippen LogP contribution in [0.2, 0.25) is 0 Å². The number of carbonyl (C=O) groups excluding carboxylic acids is 2. The molecule has 0 spiro atoms. The number of hydrogen-bond acceptors (Lipinski definition) is 7. The van der Waals surface area contributed by atoms with Gasteiger partial charge in [0.05, 0.1) is 17.6 Å². The van der Waals surface area contributed by atoms with Gasteiger partial charge in [-0.3, -0.25) is 14.6 Å². The molecule has 178 valence electrons. The second-order valence-electron chi connectivity index (χ2n) is 8.56. The molecule has 0 aliphatic carbocycles. The van der Waals surface area contributed by atoms with E-state index >= 15 is 0 Å². The number of amides is 2. The number of hydrogen-bond donors (Lipinski definition) is 3. The summed E-state index contributed by atoms with van der Waals surface area (Å²) in [6.45, 7) is 5.25. The van der Waals surface area contributed by atoms with Gasteiger partial charge in [0.1, 0.15) is 16.5 Å². The Morgan fingerprint density at radius 3 is 2.85 bits per heavy atom. The summed E-state index contributed by atoms with van der Waals surface area (Å²) in [5.74, 6) is -1.24. The maximum Gasteiger partial charge on any atom is 0.275 e. The van der Waals surface area contributed by atoms with Crippen LogP contribution in [0.1, 0.15) is 47.5 Å². The average Bonchev–Trinajstić information content (AvgIpc) is 3.29. The van der Waals surface area contributed by atoms with Crippen LogP contribution in [0.5, 0.6) is 0 Å². The Morgan fingerprint density at radius 2 is 2.09 bits per heavy atom. The summed E-state index contributed by atoms with van der Waals surface area (Å²) in [6.07, 6.45) is 5.22. The number of benzene rings is 1. The fraction of sp³-hybridized carbons (Fsp3) is 0.333. The number of nitrogens with zero attached hydrogens (tertiary/aromatic N) is 3. The zero-order valence-corrected chi connectivity index (χ0v) is 19.9. The van der Waals surface area contributed by atoms with Gasteiger partial charge in [0, 0.05) is 47.9 Å². The number of aromatic nitrogens is 2. The van der Waals surface area contributed by atoms with Crippen molar-refractivity contribution in [1.29, 1.82) is 0 Å².